The number of benzene rings is 2. The molecule has 2 rings (SSSR count). The number of rotatable bonds is 6. The Kier molecular flexibility index (Phi) is 6.06. The Morgan fingerprint density at radius 3 is 2.00 bits per heavy atom. The van der Waals surface area contributed by atoms with Crippen molar-refractivity contribution in [1.82, 2.24) is 0 Å². The van der Waals surface area contributed by atoms with E-state index in [0.717, 1.165) is 18.9 Å². The van der Waals surface area contributed by atoms with Crippen LogP contribution in [0.1, 0.15) is 19.8 Å². The Morgan fingerprint density at radius 2 is 1.55 bits per heavy atom. The molecule has 0 saturated carbocycles. The van der Waals surface area contributed by atoms with E-state index in [4.69, 9.17) is 4.43 Å². The quantitative estimate of drug-likeness (QED) is 0.449. The first-order valence-electron chi connectivity index (χ1n) is 7.71. The van der Waals surface area contributed by atoms with Gasteiger partial charge in [-0.2, -0.15) is 0 Å². The largest absolute Gasteiger partial charge is 0.490 e. The molecule has 0 heterocycles. The molecule has 0 bridgehead atoms. The minimum Gasteiger partial charge on any atom is -0.490 e. The summed E-state index contributed by atoms with van der Waals surface area (Å²) in [7, 11) is -2.39. The fourth-order valence-electron chi connectivity index (χ4n) is 2.48. The van der Waals surface area contributed by atoms with Crippen LogP contribution >= 0.6 is 0 Å². The first-order chi connectivity index (χ1) is 10.8. The topological polar surface area (TPSA) is 9.23 Å². The minimum absolute atomic E-state index is 0.807. The molecule has 0 N–H and O–H groups in total. The lowest BCUT2D eigenvalue weighted by atomic mass is 10.4. The molecular weight excluding hydrogens is 284 g/mol. The summed E-state index contributed by atoms with van der Waals surface area (Å²) in [5.74, 6) is 3.12. The maximum atomic E-state index is 6.25. The van der Waals surface area contributed by atoms with Crippen molar-refractivity contribution in [3.63, 3.8) is 0 Å². The molecule has 112 valence electrons. The zero-order valence-electron chi connectivity index (χ0n) is 13.1. The van der Waals surface area contributed by atoms with Crippen molar-refractivity contribution in [3.05, 3.63) is 73.3 Å². The molecule has 2 aromatic carbocycles. The van der Waals surface area contributed by atoms with Crippen LogP contribution in [0.15, 0.2) is 73.3 Å². The lowest BCUT2D eigenvalue weighted by Crippen LogP contribution is -2.59. The second-order valence-corrected chi connectivity index (χ2v) is 8.60. The smallest absolute Gasteiger partial charge is 0.331 e. The van der Waals surface area contributed by atoms with Gasteiger partial charge in [0.05, 0.1) is 6.11 Å². The van der Waals surface area contributed by atoms with Crippen LogP contribution in [0.3, 0.4) is 0 Å². The summed E-state index contributed by atoms with van der Waals surface area (Å²) in [5.41, 5.74) is 0. The fourth-order valence-corrected chi connectivity index (χ4v) is 5.72. The molecule has 0 aromatic heterocycles. The third-order valence-corrected chi connectivity index (χ3v) is 7.43. The molecule has 0 fully saturated rings. The van der Waals surface area contributed by atoms with Crippen molar-refractivity contribution in [2.24, 2.45) is 0 Å². The average Bonchev–Trinajstić information content (AvgIpc) is 2.59. The average molecular weight is 306 g/mol. The van der Waals surface area contributed by atoms with Gasteiger partial charge in [-0.25, -0.2) is 0 Å². The van der Waals surface area contributed by atoms with Crippen molar-refractivity contribution in [2.75, 3.05) is 0 Å². The maximum absolute atomic E-state index is 6.25. The molecule has 22 heavy (non-hydrogen) atoms. The number of unbranched alkanes of at least 4 members (excludes halogenated alkanes) is 1. The monoisotopic (exact) mass is 306 g/mol. The van der Waals surface area contributed by atoms with Crippen molar-refractivity contribution in [2.45, 2.75) is 25.8 Å². The van der Waals surface area contributed by atoms with Gasteiger partial charge in [0, 0.05) is 12.5 Å². The summed E-state index contributed by atoms with van der Waals surface area (Å²) in [6.45, 7) is 6.07. The first kappa shape index (κ1) is 16.1. The van der Waals surface area contributed by atoms with Crippen LogP contribution in [-0.4, -0.2) is 8.32 Å². The minimum atomic E-state index is -2.39. The van der Waals surface area contributed by atoms with Crippen LogP contribution in [0.25, 0.3) is 0 Å². The van der Waals surface area contributed by atoms with E-state index in [1.165, 1.54) is 10.4 Å². The van der Waals surface area contributed by atoms with E-state index in [1.807, 2.05) is 18.2 Å². The van der Waals surface area contributed by atoms with E-state index in [0.29, 0.717) is 0 Å². The summed E-state index contributed by atoms with van der Waals surface area (Å²) in [6, 6.07) is 21.7. The Labute approximate surface area is 134 Å². The Hall–Kier alpha value is -2.24. The highest BCUT2D eigenvalue weighted by Crippen LogP contribution is 2.13. The highest BCUT2D eigenvalue weighted by Gasteiger charge is 2.40. The molecule has 0 atom stereocenters. The van der Waals surface area contributed by atoms with Crippen LogP contribution in [0, 0.1) is 12.0 Å². The van der Waals surface area contributed by atoms with Crippen LogP contribution in [-0.2, 0) is 4.43 Å². The zero-order valence-corrected chi connectivity index (χ0v) is 14.1. The lowest BCUT2D eigenvalue weighted by molar-refractivity contribution is 0.527. The van der Waals surface area contributed by atoms with Crippen molar-refractivity contribution in [1.29, 1.82) is 0 Å². The molecule has 0 aliphatic rings. The molecular formula is C20H22OSi. The third-order valence-electron chi connectivity index (χ3n) is 3.58. The molecule has 0 aliphatic heterocycles. The van der Waals surface area contributed by atoms with Gasteiger partial charge in [-0.1, -0.05) is 79.6 Å². The molecule has 0 aliphatic carbocycles. The maximum Gasteiger partial charge on any atom is 0.331 e. The predicted octanol–water partition coefficient (Wildman–Crippen LogP) is 3.71. The third kappa shape index (κ3) is 3.69. The van der Waals surface area contributed by atoms with E-state index in [2.05, 4.69) is 74.1 Å². The van der Waals surface area contributed by atoms with Gasteiger partial charge in [0.25, 0.3) is 0 Å². The van der Waals surface area contributed by atoms with E-state index < -0.39 is 8.32 Å². The lowest BCUT2D eigenvalue weighted by Gasteiger charge is -2.28. The van der Waals surface area contributed by atoms with Gasteiger partial charge < -0.3 is 4.43 Å². The zero-order chi connectivity index (χ0) is 15.7. The SMILES string of the molecule is C=CC[Si](OC#CCCC)(c1ccccc1)c1ccccc1. The molecule has 0 amide bonds. The number of hydrogen-bond acceptors (Lipinski definition) is 1. The summed E-state index contributed by atoms with van der Waals surface area (Å²) in [4.78, 5) is 0. The number of hydrogen-bond donors (Lipinski definition) is 0. The van der Waals surface area contributed by atoms with Gasteiger partial charge in [-0.15, -0.1) is 6.58 Å². The molecule has 2 aromatic rings. The highest BCUT2D eigenvalue weighted by molar-refractivity contribution is 6.98. The molecule has 0 saturated heterocycles. The van der Waals surface area contributed by atoms with Crippen molar-refractivity contribution < 1.29 is 4.43 Å². The standard InChI is InChI=1S/C20H22OSi/c1-3-5-12-17-21-22(18-4-2,19-13-8-6-9-14-19)20-15-10-7-11-16-20/h4,6-11,13-16H,2-3,5,18H2,1H3. The Bertz CT molecular complexity index is 598. The van der Waals surface area contributed by atoms with Gasteiger partial charge in [0.15, 0.2) is 0 Å². The summed E-state index contributed by atoms with van der Waals surface area (Å²) >= 11 is 0. The van der Waals surface area contributed by atoms with Gasteiger partial charge in [0.2, 0.25) is 0 Å². The molecule has 2 heteroatoms. The van der Waals surface area contributed by atoms with E-state index in [1.54, 1.807) is 0 Å². The molecule has 0 spiro atoms. The van der Waals surface area contributed by atoms with Crippen molar-refractivity contribution >= 4 is 18.7 Å². The molecule has 0 unspecified atom stereocenters. The normalized spacial score (nSPS) is 10.4. The number of allylic oxidation sites excluding steroid dienone is 1. The van der Waals surface area contributed by atoms with Gasteiger partial charge in [-0.3, -0.25) is 0 Å². The van der Waals surface area contributed by atoms with Crippen LogP contribution < -0.4 is 10.4 Å². The predicted molar refractivity (Wildman–Crippen MR) is 96.7 cm³/mol. The Morgan fingerprint density at radius 1 is 1.00 bits per heavy atom. The molecule has 0 radical (unpaired) electrons. The van der Waals surface area contributed by atoms with Crippen LogP contribution in [0.5, 0.6) is 0 Å². The second-order valence-electron chi connectivity index (χ2n) is 5.18. The van der Waals surface area contributed by atoms with Crippen LogP contribution in [0.2, 0.25) is 6.04 Å². The second kappa shape index (κ2) is 8.26. The highest BCUT2D eigenvalue weighted by atomic mass is 28.4. The first-order valence-corrected chi connectivity index (χ1v) is 9.83. The van der Waals surface area contributed by atoms with Gasteiger partial charge in [-0.05, 0) is 16.8 Å². The fraction of sp³-hybridized carbons (Fsp3) is 0.200. The van der Waals surface area contributed by atoms with E-state index >= 15 is 0 Å². The van der Waals surface area contributed by atoms with E-state index in [9.17, 15) is 0 Å². The summed E-state index contributed by atoms with van der Waals surface area (Å²) < 4.78 is 6.25. The van der Waals surface area contributed by atoms with E-state index in [-0.39, 0.29) is 0 Å². The summed E-state index contributed by atoms with van der Waals surface area (Å²) in [6.07, 6.45) is 6.83. The van der Waals surface area contributed by atoms with Crippen molar-refractivity contribution in [3.8, 4) is 12.0 Å². The van der Waals surface area contributed by atoms with Crippen LogP contribution in [0.4, 0.5) is 0 Å². The Balaban J connectivity index is 2.50. The summed E-state index contributed by atoms with van der Waals surface area (Å²) in [5, 5.41) is 2.46. The van der Waals surface area contributed by atoms with Gasteiger partial charge >= 0.3 is 8.32 Å². The van der Waals surface area contributed by atoms with Gasteiger partial charge in [0.1, 0.15) is 0 Å². The molecule has 1 nitrogen and oxygen atoms in total.